The third kappa shape index (κ3) is 2.52. The highest BCUT2D eigenvalue weighted by atomic mass is 16.5. The minimum Gasteiger partial charge on any atom is -0.758 e. The van der Waals surface area contributed by atoms with Crippen LogP contribution in [0.2, 0.25) is 0 Å². The molecule has 0 aromatic heterocycles. The Hall–Kier alpha value is -2.13. The molecule has 0 fully saturated rings. The van der Waals surface area contributed by atoms with Gasteiger partial charge in [-0.3, -0.25) is 4.99 Å². The summed E-state index contributed by atoms with van der Waals surface area (Å²) in [6.07, 6.45) is 0. The Morgan fingerprint density at radius 3 is 2.35 bits per heavy atom. The zero-order valence-corrected chi connectivity index (χ0v) is 9.63. The van der Waals surface area contributed by atoms with Gasteiger partial charge in [0.1, 0.15) is 0 Å². The van der Waals surface area contributed by atoms with Crippen LogP contribution in [-0.4, -0.2) is 13.8 Å². The van der Waals surface area contributed by atoms with Gasteiger partial charge >= 0.3 is 0 Å². The van der Waals surface area contributed by atoms with Crippen LogP contribution in [0.3, 0.4) is 0 Å². The van der Waals surface area contributed by atoms with E-state index in [4.69, 9.17) is 0 Å². The predicted molar refractivity (Wildman–Crippen MR) is 72.9 cm³/mol. The van der Waals surface area contributed by atoms with Crippen molar-refractivity contribution in [1.82, 2.24) is 0 Å². The molecule has 0 saturated heterocycles. The summed E-state index contributed by atoms with van der Waals surface area (Å²) in [5.74, 6) is 0. The van der Waals surface area contributed by atoms with Crippen LogP contribution >= 0.6 is 0 Å². The summed E-state index contributed by atoms with van der Waals surface area (Å²) in [5.41, 5.74) is 3.48. The maximum absolute atomic E-state index is 11.2. The normalized spacial score (nSPS) is 10.0. The number of rotatable bonds is 3. The molecule has 0 radical (unpaired) electrons. The molecule has 2 aromatic rings. The van der Waals surface area contributed by atoms with Crippen LogP contribution in [0.4, 0.5) is 11.4 Å². The summed E-state index contributed by atoms with van der Waals surface area (Å²) in [6.45, 7) is 3.50. The maximum Gasteiger partial charge on any atom is 0.0628 e. The van der Waals surface area contributed by atoms with Crippen molar-refractivity contribution in [3.8, 4) is 11.1 Å². The van der Waals surface area contributed by atoms with Crippen molar-refractivity contribution in [2.45, 2.75) is 0 Å². The first-order valence-corrected chi connectivity index (χ1v) is 5.29. The molecule has 0 atom stereocenters. The van der Waals surface area contributed by atoms with Gasteiger partial charge in [0.25, 0.3) is 0 Å². The first-order valence-electron chi connectivity index (χ1n) is 5.29. The van der Waals surface area contributed by atoms with Crippen LogP contribution < -0.4 is 5.06 Å². The van der Waals surface area contributed by atoms with Crippen molar-refractivity contribution in [3.63, 3.8) is 0 Å². The smallest absolute Gasteiger partial charge is 0.0628 e. The first kappa shape index (κ1) is 11.4. The first-order chi connectivity index (χ1) is 8.20. The number of hydrogen-bond acceptors (Lipinski definition) is 3. The Labute approximate surface area is 101 Å². The van der Waals surface area contributed by atoms with E-state index >= 15 is 0 Å². The second-order valence-corrected chi connectivity index (χ2v) is 3.76. The molecule has 2 rings (SSSR count). The Bertz CT molecular complexity index is 535. The van der Waals surface area contributed by atoms with Gasteiger partial charge in [0.05, 0.1) is 5.69 Å². The molecule has 3 nitrogen and oxygen atoms in total. The van der Waals surface area contributed by atoms with Crippen LogP contribution in [0.5, 0.6) is 0 Å². The third-order valence-corrected chi connectivity index (χ3v) is 2.57. The fourth-order valence-corrected chi connectivity index (χ4v) is 1.67. The summed E-state index contributed by atoms with van der Waals surface area (Å²) < 4.78 is 0. The van der Waals surface area contributed by atoms with Crippen molar-refractivity contribution in [2.24, 2.45) is 4.99 Å². The molecule has 3 heteroatoms. The van der Waals surface area contributed by atoms with Gasteiger partial charge in [0.2, 0.25) is 0 Å². The second-order valence-electron chi connectivity index (χ2n) is 3.76. The number of hydrogen-bond donors (Lipinski definition) is 0. The zero-order valence-electron chi connectivity index (χ0n) is 9.63. The van der Waals surface area contributed by atoms with Gasteiger partial charge in [-0.05, 0) is 49.2 Å². The van der Waals surface area contributed by atoms with Gasteiger partial charge in [-0.15, -0.1) is 0 Å². The predicted octanol–water partition coefficient (Wildman–Crippen LogP) is 3.62. The van der Waals surface area contributed by atoms with E-state index in [2.05, 4.69) is 11.7 Å². The fraction of sp³-hybridized carbons (Fsp3) is 0.0714. The van der Waals surface area contributed by atoms with E-state index in [0.717, 1.165) is 21.9 Å². The van der Waals surface area contributed by atoms with Crippen molar-refractivity contribution in [3.05, 3.63) is 53.7 Å². The molecule has 2 aromatic carbocycles. The molecule has 0 heterocycles. The van der Waals surface area contributed by atoms with Gasteiger partial charge in [-0.2, -0.15) is 0 Å². The summed E-state index contributed by atoms with van der Waals surface area (Å²) in [6, 6.07) is 15.2. The molecule has 0 aliphatic carbocycles. The highest BCUT2D eigenvalue weighted by Crippen LogP contribution is 2.26. The van der Waals surface area contributed by atoms with E-state index < -0.39 is 0 Å². The van der Waals surface area contributed by atoms with E-state index in [1.54, 1.807) is 6.07 Å². The Kier molecular flexibility index (Phi) is 3.21. The molecule has 0 N–H and O–H groups in total. The van der Waals surface area contributed by atoms with E-state index in [0.29, 0.717) is 5.69 Å². The summed E-state index contributed by atoms with van der Waals surface area (Å²) in [4.78, 5) is 3.89. The summed E-state index contributed by atoms with van der Waals surface area (Å²) >= 11 is 0. The molecule has 0 saturated carbocycles. The summed E-state index contributed by atoms with van der Waals surface area (Å²) in [5, 5.41) is 12.1. The molecule has 0 spiro atoms. The second kappa shape index (κ2) is 4.80. The van der Waals surface area contributed by atoms with E-state index in [9.17, 15) is 5.21 Å². The lowest BCUT2D eigenvalue weighted by Crippen LogP contribution is -2.05. The van der Waals surface area contributed by atoms with Crippen LogP contribution in [0.1, 0.15) is 0 Å². The van der Waals surface area contributed by atoms with Gasteiger partial charge in [-0.1, -0.05) is 24.3 Å². The molecule has 0 aliphatic heterocycles. The lowest BCUT2D eigenvalue weighted by molar-refractivity contribution is 1.22. The van der Waals surface area contributed by atoms with Crippen LogP contribution in [0.15, 0.2) is 53.5 Å². The van der Waals surface area contributed by atoms with E-state index in [-0.39, 0.29) is 0 Å². The van der Waals surface area contributed by atoms with Gasteiger partial charge in [-0.25, -0.2) is 0 Å². The fourth-order valence-electron chi connectivity index (χ4n) is 1.67. The largest absolute Gasteiger partial charge is 0.758 e. The van der Waals surface area contributed by atoms with Crippen molar-refractivity contribution >= 4 is 18.1 Å². The van der Waals surface area contributed by atoms with Gasteiger partial charge in [0.15, 0.2) is 0 Å². The Morgan fingerprint density at radius 2 is 1.71 bits per heavy atom. The monoisotopic (exact) mass is 225 g/mol. The highest BCUT2D eigenvalue weighted by Gasteiger charge is 2.00. The average Bonchev–Trinajstić information content (AvgIpc) is 2.39. The maximum atomic E-state index is 11.2. The van der Waals surface area contributed by atoms with Gasteiger partial charge < -0.3 is 10.3 Å². The molecule has 0 aliphatic rings. The Balaban J connectivity index is 2.45. The van der Waals surface area contributed by atoms with Crippen LogP contribution in [-0.2, 0) is 0 Å². The molecule has 0 amide bonds. The quantitative estimate of drug-likeness (QED) is 0.591. The lowest BCUT2D eigenvalue weighted by atomic mass is 10.0. The zero-order chi connectivity index (χ0) is 12.3. The topological polar surface area (TPSA) is 38.7 Å². The van der Waals surface area contributed by atoms with Crippen LogP contribution in [0, 0.1) is 5.21 Å². The molecule has 86 valence electrons. The summed E-state index contributed by atoms with van der Waals surface area (Å²) in [7, 11) is 1.49. The minimum absolute atomic E-state index is 0.638. The highest BCUT2D eigenvalue weighted by molar-refractivity contribution is 5.71. The van der Waals surface area contributed by atoms with Crippen molar-refractivity contribution < 1.29 is 0 Å². The number of nitrogens with zero attached hydrogens (tertiary/aromatic N) is 2. The molecule has 0 bridgehead atoms. The van der Waals surface area contributed by atoms with Crippen LogP contribution in [0.25, 0.3) is 11.1 Å². The molecular weight excluding hydrogens is 212 g/mol. The van der Waals surface area contributed by atoms with Crippen molar-refractivity contribution in [2.75, 3.05) is 12.1 Å². The van der Waals surface area contributed by atoms with E-state index in [1.807, 2.05) is 42.5 Å². The Morgan fingerprint density at radius 1 is 1.06 bits per heavy atom. The number of hydroxylamine groups is 1. The molecule has 0 unspecified atom stereocenters. The minimum atomic E-state index is 0.638. The number of anilines is 1. The lowest BCUT2D eigenvalue weighted by Gasteiger charge is -2.25. The van der Waals surface area contributed by atoms with Crippen molar-refractivity contribution in [1.29, 1.82) is 0 Å². The van der Waals surface area contributed by atoms with Gasteiger partial charge in [0, 0.05) is 5.69 Å². The number of aliphatic imine (C=N–C) groups is 1. The molecule has 17 heavy (non-hydrogen) atoms. The standard InChI is InChI=1S/C14H13N2O/c1-15-13-7-3-5-11(9-13)12-6-4-8-14(10-12)16(2)17/h3-10H,1H2,2H3/q-1. The average molecular weight is 225 g/mol. The third-order valence-electron chi connectivity index (χ3n) is 2.57. The molecular formula is C14H13N2O-. The SMILES string of the molecule is C=Nc1cccc(-c2cccc(N(C)[O-])c2)c1. The van der Waals surface area contributed by atoms with E-state index in [1.165, 1.54) is 7.05 Å². The number of benzene rings is 2.